The number of alkyl halides is 2. The van der Waals surface area contributed by atoms with E-state index in [0.717, 1.165) is 10.7 Å². The fraction of sp³-hybridized carbons (Fsp3) is 0.250. The largest absolute Gasteiger partial charge is 0.0876 e. The number of rotatable bonds is 2. The van der Waals surface area contributed by atoms with E-state index in [4.69, 9.17) is 0 Å². The monoisotopic (exact) mass is 368 g/mol. The molecule has 0 N–H and O–H groups in total. The van der Waals surface area contributed by atoms with Gasteiger partial charge in [0.15, 0.2) is 0 Å². The predicted octanol–water partition coefficient (Wildman–Crippen LogP) is 5.78. The van der Waals surface area contributed by atoms with Crippen molar-refractivity contribution in [2.24, 2.45) is 0 Å². The Hall–Kier alpha value is -0.600. The highest BCUT2D eigenvalue weighted by atomic mass is 79.9. The molecule has 0 atom stereocenters. The van der Waals surface area contributed by atoms with E-state index in [1.165, 1.54) is 22.3 Å². The third-order valence-corrected chi connectivity index (χ3v) is 3.84. The van der Waals surface area contributed by atoms with E-state index >= 15 is 0 Å². The molecule has 0 nitrogen and oxygen atoms in total. The van der Waals surface area contributed by atoms with Gasteiger partial charge in [0, 0.05) is 10.7 Å². The zero-order chi connectivity index (χ0) is 13.4. The van der Waals surface area contributed by atoms with Gasteiger partial charge in [0.1, 0.15) is 0 Å². The molecule has 0 aliphatic rings. The van der Waals surface area contributed by atoms with Gasteiger partial charge in [-0.2, -0.15) is 0 Å². The predicted molar refractivity (Wildman–Crippen MR) is 87.6 cm³/mol. The van der Waals surface area contributed by atoms with Crippen LogP contribution < -0.4 is 0 Å². The highest BCUT2D eigenvalue weighted by molar-refractivity contribution is 9.08. The van der Waals surface area contributed by atoms with Gasteiger partial charge < -0.3 is 0 Å². The lowest BCUT2D eigenvalue weighted by Crippen LogP contribution is -1.75. The van der Waals surface area contributed by atoms with Crippen molar-refractivity contribution in [1.82, 2.24) is 0 Å². The van der Waals surface area contributed by atoms with Crippen LogP contribution in [-0.2, 0) is 10.7 Å². The number of hydrogen-bond acceptors (Lipinski definition) is 0. The summed E-state index contributed by atoms with van der Waals surface area (Å²) in [6.07, 6.45) is 0. The Morgan fingerprint density at radius 3 is 1.11 bits per heavy atom. The second kappa shape index (κ2) is 8.49. The molecule has 0 aliphatic heterocycles. The SMILES string of the molecule is Cc1ccc(CBr)cc1.Cc1ccc(CBr)cc1. The fourth-order valence-corrected chi connectivity index (χ4v) is 2.10. The van der Waals surface area contributed by atoms with Gasteiger partial charge in [-0.15, -0.1) is 0 Å². The summed E-state index contributed by atoms with van der Waals surface area (Å²) in [6.45, 7) is 4.19. The number of aryl methyl sites for hydroxylation is 2. The smallest absolute Gasteiger partial charge is 0.0283 e. The second-order valence-corrected chi connectivity index (χ2v) is 5.36. The highest BCUT2D eigenvalue weighted by Crippen LogP contribution is 2.06. The minimum absolute atomic E-state index is 0.952. The molecule has 18 heavy (non-hydrogen) atoms. The fourth-order valence-electron chi connectivity index (χ4n) is 1.35. The lowest BCUT2D eigenvalue weighted by atomic mass is 10.2. The normalized spacial score (nSPS) is 9.56. The Labute approximate surface area is 127 Å². The highest BCUT2D eigenvalue weighted by Gasteiger charge is 1.86. The average Bonchev–Trinajstić information content (AvgIpc) is 2.41. The van der Waals surface area contributed by atoms with Gasteiger partial charge in [-0.05, 0) is 25.0 Å². The molecule has 2 heteroatoms. The quantitative estimate of drug-likeness (QED) is 0.588. The molecule has 0 bridgehead atoms. The van der Waals surface area contributed by atoms with Crippen LogP contribution >= 0.6 is 31.9 Å². The Kier molecular flexibility index (Phi) is 7.29. The third-order valence-electron chi connectivity index (χ3n) is 2.55. The standard InChI is InChI=1S/2C8H9Br/c2*1-7-2-4-8(6-9)5-3-7/h2*2-5H,6H2,1H3. The second-order valence-electron chi connectivity index (χ2n) is 4.24. The van der Waals surface area contributed by atoms with Crippen LogP contribution in [0, 0.1) is 13.8 Å². The van der Waals surface area contributed by atoms with Gasteiger partial charge in [-0.25, -0.2) is 0 Å². The van der Waals surface area contributed by atoms with Crippen molar-refractivity contribution in [3.63, 3.8) is 0 Å². The van der Waals surface area contributed by atoms with Gasteiger partial charge in [-0.3, -0.25) is 0 Å². The van der Waals surface area contributed by atoms with Crippen molar-refractivity contribution < 1.29 is 0 Å². The molecule has 2 aromatic rings. The first-order valence-corrected chi connectivity index (χ1v) is 8.13. The van der Waals surface area contributed by atoms with Crippen LogP contribution in [0.15, 0.2) is 48.5 Å². The molecule has 0 saturated heterocycles. The van der Waals surface area contributed by atoms with Crippen LogP contribution in [0.1, 0.15) is 22.3 Å². The first-order valence-electron chi connectivity index (χ1n) is 5.88. The summed E-state index contributed by atoms with van der Waals surface area (Å²) in [6, 6.07) is 17.0. The molecule has 2 aromatic carbocycles. The Bertz CT molecular complexity index is 398. The summed E-state index contributed by atoms with van der Waals surface area (Å²) in [5.41, 5.74) is 5.31. The molecule has 0 spiro atoms. The summed E-state index contributed by atoms with van der Waals surface area (Å²) in [4.78, 5) is 0. The van der Waals surface area contributed by atoms with Crippen molar-refractivity contribution in [1.29, 1.82) is 0 Å². The van der Waals surface area contributed by atoms with Crippen LogP contribution in [0.3, 0.4) is 0 Å². The van der Waals surface area contributed by atoms with E-state index in [1.54, 1.807) is 0 Å². The molecule has 0 fully saturated rings. The summed E-state index contributed by atoms with van der Waals surface area (Å²) < 4.78 is 0. The molecule has 96 valence electrons. The summed E-state index contributed by atoms with van der Waals surface area (Å²) >= 11 is 6.76. The van der Waals surface area contributed by atoms with E-state index < -0.39 is 0 Å². The van der Waals surface area contributed by atoms with Crippen LogP contribution in [0.5, 0.6) is 0 Å². The Balaban J connectivity index is 0.000000180. The van der Waals surface area contributed by atoms with E-state index in [0.29, 0.717) is 0 Å². The lowest BCUT2D eigenvalue weighted by molar-refractivity contribution is 1.38. The molecular weight excluding hydrogens is 352 g/mol. The molecule has 0 heterocycles. The zero-order valence-corrected chi connectivity index (χ0v) is 14.0. The van der Waals surface area contributed by atoms with Crippen LogP contribution in [-0.4, -0.2) is 0 Å². The van der Waals surface area contributed by atoms with Crippen LogP contribution in [0.25, 0.3) is 0 Å². The van der Waals surface area contributed by atoms with Crippen LogP contribution in [0.2, 0.25) is 0 Å². The summed E-state index contributed by atoms with van der Waals surface area (Å²) in [7, 11) is 0. The average molecular weight is 370 g/mol. The molecule has 2 rings (SSSR count). The van der Waals surface area contributed by atoms with Crippen molar-refractivity contribution >= 4 is 31.9 Å². The van der Waals surface area contributed by atoms with Gasteiger partial charge in [0.25, 0.3) is 0 Å². The maximum absolute atomic E-state index is 3.38. The third kappa shape index (κ3) is 5.83. The summed E-state index contributed by atoms with van der Waals surface area (Å²) in [5, 5.41) is 1.90. The molecule has 0 radical (unpaired) electrons. The Morgan fingerprint density at radius 2 is 0.889 bits per heavy atom. The Morgan fingerprint density at radius 1 is 0.611 bits per heavy atom. The topological polar surface area (TPSA) is 0 Å². The van der Waals surface area contributed by atoms with Gasteiger partial charge in [0.2, 0.25) is 0 Å². The molecular formula is C16H18Br2. The minimum atomic E-state index is 0.952. The van der Waals surface area contributed by atoms with E-state index in [-0.39, 0.29) is 0 Å². The number of halogens is 2. The first kappa shape index (κ1) is 15.5. The van der Waals surface area contributed by atoms with Gasteiger partial charge in [0.05, 0.1) is 0 Å². The maximum atomic E-state index is 3.38. The molecule has 0 saturated carbocycles. The number of hydrogen-bond donors (Lipinski definition) is 0. The van der Waals surface area contributed by atoms with Crippen molar-refractivity contribution in [2.75, 3.05) is 0 Å². The van der Waals surface area contributed by atoms with Crippen molar-refractivity contribution in [3.05, 3.63) is 70.8 Å². The summed E-state index contributed by atoms with van der Waals surface area (Å²) in [5.74, 6) is 0. The zero-order valence-electron chi connectivity index (χ0n) is 10.8. The molecule has 0 aliphatic carbocycles. The molecule has 0 unspecified atom stereocenters. The van der Waals surface area contributed by atoms with Gasteiger partial charge in [-0.1, -0.05) is 91.5 Å². The van der Waals surface area contributed by atoms with Gasteiger partial charge >= 0.3 is 0 Å². The van der Waals surface area contributed by atoms with Crippen LogP contribution in [0.4, 0.5) is 0 Å². The van der Waals surface area contributed by atoms with E-state index in [2.05, 4.69) is 94.2 Å². The van der Waals surface area contributed by atoms with Crippen molar-refractivity contribution in [2.45, 2.75) is 24.5 Å². The van der Waals surface area contributed by atoms with E-state index in [9.17, 15) is 0 Å². The molecule has 0 amide bonds. The maximum Gasteiger partial charge on any atom is 0.0283 e. The first-order chi connectivity index (χ1) is 8.65. The van der Waals surface area contributed by atoms with E-state index in [1.807, 2.05) is 0 Å². The number of benzene rings is 2. The van der Waals surface area contributed by atoms with Crippen molar-refractivity contribution in [3.8, 4) is 0 Å². The molecule has 0 aromatic heterocycles. The lowest BCUT2D eigenvalue weighted by Gasteiger charge is -1.93. The minimum Gasteiger partial charge on any atom is -0.0876 e.